The van der Waals surface area contributed by atoms with Gasteiger partial charge in [0, 0.05) is 0 Å². The van der Waals surface area contributed by atoms with Crippen molar-refractivity contribution in [2.45, 2.75) is 13.8 Å². The van der Waals surface area contributed by atoms with E-state index < -0.39 is 11.9 Å². The lowest BCUT2D eigenvalue weighted by atomic mass is 10.3. The maximum Gasteiger partial charge on any atom is 0.378 e. The fraction of sp³-hybridized carbons (Fsp3) is 0.235. The summed E-state index contributed by atoms with van der Waals surface area (Å²) in [5.41, 5.74) is 3.78. The van der Waals surface area contributed by atoms with Gasteiger partial charge in [0.25, 0.3) is 0 Å². The molecule has 0 spiro atoms. The molecule has 1 aromatic heterocycles. The molecule has 1 fully saturated rings. The van der Waals surface area contributed by atoms with Gasteiger partial charge in [0.2, 0.25) is 5.13 Å². The van der Waals surface area contributed by atoms with Crippen LogP contribution < -0.4 is 15.3 Å². The summed E-state index contributed by atoms with van der Waals surface area (Å²) in [6.07, 6.45) is 1.24. The molecule has 28 heavy (non-hydrogen) atoms. The summed E-state index contributed by atoms with van der Waals surface area (Å²) < 4.78 is 10.1. The lowest BCUT2D eigenvalue weighted by molar-refractivity contribution is -0.140. The predicted molar refractivity (Wildman–Crippen MR) is 100 cm³/mol. The number of esters is 1. The zero-order chi connectivity index (χ0) is 20.1. The van der Waals surface area contributed by atoms with E-state index in [9.17, 15) is 9.59 Å². The Bertz CT molecular complexity index is 938. The van der Waals surface area contributed by atoms with Gasteiger partial charge in [-0.05, 0) is 38.1 Å². The SMILES string of the molecule is CCOC(=O)c1sc(N=NC=C2C(=O)ONN2c2ccc(OC)cc2)nc1C. The fourth-order valence-corrected chi connectivity index (χ4v) is 3.05. The van der Waals surface area contributed by atoms with Crippen LogP contribution in [0.5, 0.6) is 5.75 Å². The van der Waals surface area contributed by atoms with Crippen LogP contribution in [0.25, 0.3) is 0 Å². The molecule has 0 saturated carbocycles. The predicted octanol–water partition coefficient (Wildman–Crippen LogP) is 3.04. The lowest BCUT2D eigenvalue weighted by Gasteiger charge is -2.14. The van der Waals surface area contributed by atoms with E-state index in [0.717, 1.165) is 11.3 Å². The second-order valence-corrected chi connectivity index (χ2v) is 6.35. The first kappa shape index (κ1) is 19.5. The van der Waals surface area contributed by atoms with Gasteiger partial charge in [0.15, 0.2) is 5.70 Å². The highest BCUT2D eigenvalue weighted by molar-refractivity contribution is 7.17. The quantitative estimate of drug-likeness (QED) is 0.445. The van der Waals surface area contributed by atoms with Gasteiger partial charge in [-0.3, -0.25) is 0 Å². The minimum absolute atomic E-state index is 0.132. The first-order valence-corrected chi connectivity index (χ1v) is 9.01. The molecule has 1 aromatic carbocycles. The number of hydrazine groups is 1. The molecule has 1 N–H and O–H groups in total. The van der Waals surface area contributed by atoms with E-state index in [1.807, 2.05) is 0 Å². The third-order valence-corrected chi connectivity index (χ3v) is 4.60. The third kappa shape index (κ3) is 4.15. The van der Waals surface area contributed by atoms with Crippen LogP contribution >= 0.6 is 11.3 Å². The first-order chi connectivity index (χ1) is 13.5. The number of nitrogens with one attached hydrogen (secondary N) is 1. The van der Waals surface area contributed by atoms with Gasteiger partial charge < -0.3 is 14.3 Å². The van der Waals surface area contributed by atoms with E-state index in [-0.39, 0.29) is 17.4 Å². The van der Waals surface area contributed by atoms with Crippen LogP contribution in [0.1, 0.15) is 22.3 Å². The van der Waals surface area contributed by atoms with E-state index >= 15 is 0 Å². The van der Waals surface area contributed by atoms with Crippen molar-refractivity contribution in [3.63, 3.8) is 0 Å². The largest absolute Gasteiger partial charge is 0.497 e. The Balaban J connectivity index is 1.78. The van der Waals surface area contributed by atoms with Crippen molar-refractivity contribution in [1.29, 1.82) is 0 Å². The molecule has 0 atom stereocenters. The van der Waals surface area contributed by atoms with Gasteiger partial charge >= 0.3 is 11.9 Å². The van der Waals surface area contributed by atoms with E-state index in [4.69, 9.17) is 14.3 Å². The number of methoxy groups -OCH3 is 1. The average molecular weight is 403 g/mol. The molecule has 1 aliphatic heterocycles. The van der Waals surface area contributed by atoms with Crippen molar-refractivity contribution >= 4 is 34.1 Å². The van der Waals surface area contributed by atoms with Crippen molar-refractivity contribution in [3.05, 3.63) is 46.7 Å². The maximum atomic E-state index is 11.9. The minimum Gasteiger partial charge on any atom is -0.497 e. The summed E-state index contributed by atoms with van der Waals surface area (Å²) in [4.78, 5) is 33.1. The standard InChI is InChI=1S/C17H17N5O5S/c1-4-26-16(24)14-10(2)19-17(28-14)20-18-9-13-15(23)27-21-22(13)11-5-7-12(25-3)8-6-11/h5-9,21H,4H2,1-3H3. The summed E-state index contributed by atoms with van der Waals surface area (Å²) in [6.45, 7) is 3.68. The molecule has 0 bridgehead atoms. The number of nitrogens with zero attached hydrogens (tertiary/aromatic N) is 4. The summed E-state index contributed by atoms with van der Waals surface area (Å²) >= 11 is 1.06. The fourth-order valence-electron chi connectivity index (χ4n) is 2.26. The monoisotopic (exact) mass is 403 g/mol. The van der Waals surface area contributed by atoms with Gasteiger partial charge in [-0.1, -0.05) is 16.9 Å². The summed E-state index contributed by atoms with van der Waals surface area (Å²) in [5, 5.41) is 9.53. The van der Waals surface area contributed by atoms with Crippen LogP contribution in [-0.2, 0) is 14.4 Å². The molecule has 1 aliphatic rings. The molecule has 2 aromatic rings. The molecule has 0 unspecified atom stereocenters. The molecule has 0 amide bonds. The van der Waals surface area contributed by atoms with E-state index in [1.165, 1.54) is 11.2 Å². The van der Waals surface area contributed by atoms with Gasteiger partial charge in [-0.15, -0.1) is 5.11 Å². The number of hydrogen-bond donors (Lipinski definition) is 1. The molecule has 146 valence electrons. The smallest absolute Gasteiger partial charge is 0.378 e. The van der Waals surface area contributed by atoms with Crippen molar-refractivity contribution in [1.82, 2.24) is 10.6 Å². The number of rotatable bonds is 6. The molecule has 10 nitrogen and oxygen atoms in total. The van der Waals surface area contributed by atoms with Crippen molar-refractivity contribution in [3.8, 4) is 5.75 Å². The third-order valence-electron chi connectivity index (χ3n) is 3.58. The maximum absolute atomic E-state index is 11.9. The number of thiazole rings is 1. The zero-order valence-corrected chi connectivity index (χ0v) is 16.1. The van der Waals surface area contributed by atoms with Crippen molar-refractivity contribution < 1.29 is 23.9 Å². The number of carbonyl (C=O) groups excluding carboxylic acids is 2. The van der Waals surface area contributed by atoms with E-state index in [1.54, 1.807) is 45.2 Å². The highest BCUT2D eigenvalue weighted by atomic mass is 32.1. The topological polar surface area (TPSA) is 115 Å². The Morgan fingerprint density at radius 3 is 2.82 bits per heavy atom. The van der Waals surface area contributed by atoms with Gasteiger partial charge in [0.05, 0.1) is 31.3 Å². The minimum atomic E-state index is -0.614. The molecule has 0 radical (unpaired) electrons. The number of aromatic nitrogens is 1. The summed E-state index contributed by atoms with van der Waals surface area (Å²) in [7, 11) is 1.56. The molecular weight excluding hydrogens is 386 g/mol. The number of hydrogen-bond acceptors (Lipinski definition) is 11. The Kier molecular flexibility index (Phi) is 5.96. The van der Waals surface area contributed by atoms with Crippen molar-refractivity contribution in [2.75, 3.05) is 18.7 Å². The van der Waals surface area contributed by atoms with Crippen LogP contribution in [-0.4, -0.2) is 30.6 Å². The Morgan fingerprint density at radius 2 is 2.14 bits per heavy atom. The van der Waals surface area contributed by atoms with E-state index in [0.29, 0.717) is 22.0 Å². The number of anilines is 1. The van der Waals surface area contributed by atoms with Crippen LogP contribution in [0.2, 0.25) is 0 Å². The zero-order valence-electron chi connectivity index (χ0n) is 15.3. The number of aryl methyl sites for hydroxylation is 1. The summed E-state index contributed by atoms with van der Waals surface area (Å²) in [6, 6.07) is 6.98. The normalized spacial score (nSPS) is 15.3. The molecule has 1 saturated heterocycles. The number of carbonyl (C=O) groups is 2. The second-order valence-electron chi connectivity index (χ2n) is 5.38. The van der Waals surface area contributed by atoms with E-state index in [2.05, 4.69) is 20.8 Å². The van der Waals surface area contributed by atoms with Gasteiger partial charge in [-0.25, -0.2) is 19.6 Å². The average Bonchev–Trinajstić information content (AvgIpc) is 3.25. The Labute approximate surface area is 164 Å². The van der Waals surface area contributed by atoms with Crippen LogP contribution in [0.15, 0.2) is 46.4 Å². The molecular formula is C17H17N5O5S. The van der Waals surface area contributed by atoms with Crippen LogP contribution in [0, 0.1) is 6.92 Å². The molecule has 11 heteroatoms. The van der Waals surface area contributed by atoms with Gasteiger partial charge in [0.1, 0.15) is 10.6 Å². The Morgan fingerprint density at radius 1 is 1.39 bits per heavy atom. The van der Waals surface area contributed by atoms with Crippen molar-refractivity contribution in [2.24, 2.45) is 10.2 Å². The second kappa shape index (κ2) is 8.59. The lowest BCUT2D eigenvalue weighted by Crippen LogP contribution is -2.28. The highest BCUT2D eigenvalue weighted by Gasteiger charge is 2.29. The number of benzene rings is 1. The molecule has 2 heterocycles. The number of ether oxygens (including phenoxy) is 2. The molecule has 0 aliphatic carbocycles. The van der Waals surface area contributed by atoms with Crippen LogP contribution in [0.4, 0.5) is 10.8 Å². The van der Waals surface area contributed by atoms with Crippen LogP contribution in [0.3, 0.4) is 0 Å². The summed E-state index contributed by atoms with van der Waals surface area (Å²) in [5.74, 6) is -0.388. The molecule has 3 rings (SSSR count). The highest BCUT2D eigenvalue weighted by Crippen LogP contribution is 2.27. The Hall–Kier alpha value is -3.31. The number of azo groups is 1. The first-order valence-electron chi connectivity index (χ1n) is 8.20. The van der Waals surface area contributed by atoms with Gasteiger partial charge in [-0.2, -0.15) is 5.11 Å².